The maximum absolute atomic E-state index is 12.7. The van der Waals surface area contributed by atoms with Crippen molar-refractivity contribution in [1.29, 1.82) is 0 Å². The minimum absolute atomic E-state index is 0.0652. The first kappa shape index (κ1) is 15.6. The second-order valence-electron chi connectivity index (χ2n) is 3.97. The highest BCUT2D eigenvalue weighted by molar-refractivity contribution is 7.12. The third kappa shape index (κ3) is 4.63. The lowest BCUT2D eigenvalue weighted by Gasteiger charge is -2.04. The van der Waals surface area contributed by atoms with Crippen LogP contribution in [0.5, 0.6) is 5.75 Å². The van der Waals surface area contributed by atoms with Crippen molar-refractivity contribution in [3.63, 3.8) is 0 Å². The number of nitro benzene ring substituents is 1. The third-order valence-electron chi connectivity index (χ3n) is 2.39. The number of halogens is 1. The smallest absolute Gasteiger partial charge is 0.277 e. The molecule has 1 N–H and O–H groups in total. The fourth-order valence-corrected chi connectivity index (χ4v) is 2.01. The third-order valence-corrected chi connectivity index (χ3v) is 3.20. The number of ether oxygens (including phenoxy) is 1. The largest absolute Gasteiger partial charge is 0.484 e. The van der Waals surface area contributed by atoms with Gasteiger partial charge in [-0.25, -0.2) is 5.43 Å². The topological polar surface area (TPSA) is 93.8 Å². The fraction of sp³-hybridized carbons (Fsp3) is 0.0769. The van der Waals surface area contributed by atoms with Crippen molar-refractivity contribution in [3.05, 3.63) is 56.5 Å². The molecular formula is C13H10FN3O4S. The molecule has 9 heteroatoms. The van der Waals surface area contributed by atoms with Crippen LogP contribution in [0.3, 0.4) is 0 Å². The molecule has 2 aromatic rings. The molecule has 0 aliphatic heterocycles. The average Bonchev–Trinajstić information content (AvgIpc) is 2.91. The van der Waals surface area contributed by atoms with Gasteiger partial charge in [-0.1, -0.05) is 0 Å². The lowest BCUT2D eigenvalue weighted by atomic mass is 10.3. The van der Waals surface area contributed by atoms with Crippen LogP contribution in [0.15, 0.2) is 41.5 Å². The van der Waals surface area contributed by atoms with Crippen LogP contribution in [0.1, 0.15) is 4.88 Å². The average molecular weight is 323 g/mol. The first-order valence-electron chi connectivity index (χ1n) is 5.99. The van der Waals surface area contributed by atoms with Crippen LogP contribution < -0.4 is 10.2 Å². The Balaban J connectivity index is 1.77. The van der Waals surface area contributed by atoms with Crippen LogP contribution >= 0.6 is 11.3 Å². The summed E-state index contributed by atoms with van der Waals surface area (Å²) in [7, 11) is 0. The Morgan fingerprint density at radius 1 is 1.36 bits per heavy atom. The lowest BCUT2D eigenvalue weighted by molar-refractivity contribution is -0.384. The molecule has 0 spiro atoms. The molecule has 22 heavy (non-hydrogen) atoms. The van der Waals surface area contributed by atoms with Crippen LogP contribution in [0.2, 0.25) is 0 Å². The number of carbonyl (C=O) groups excluding carboxylic acids is 1. The SMILES string of the molecule is O=C(COc1ccc([N+](=O)[O-])cc1)NN=Cc1ccc(F)s1. The summed E-state index contributed by atoms with van der Waals surface area (Å²) < 4.78 is 17.9. The zero-order chi connectivity index (χ0) is 15.9. The van der Waals surface area contributed by atoms with Gasteiger partial charge in [0.25, 0.3) is 11.6 Å². The van der Waals surface area contributed by atoms with Gasteiger partial charge in [-0.3, -0.25) is 14.9 Å². The quantitative estimate of drug-likeness (QED) is 0.501. The summed E-state index contributed by atoms with van der Waals surface area (Å²) in [6, 6.07) is 8.16. The number of hydrogen-bond acceptors (Lipinski definition) is 6. The van der Waals surface area contributed by atoms with E-state index in [-0.39, 0.29) is 17.4 Å². The number of thiophene rings is 1. The molecule has 2 rings (SSSR count). The first-order valence-corrected chi connectivity index (χ1v) is 6.81. The molecule has 114 valence electrons. The molecule has 0 saturated carbocycles. The maximum atomic E-state index is 12.7. The zero-order valence-corrected chi connectivity index (χ0v) is 11.9. The van der Waals surface area contributed by atoms with Gasteiger partial charge < -0.3 is 4.74 Å². The Labute approximate surface area is 128 Å². The van der Waals surface area contributed by atoms with Gasteiger partial charge in [0.1, 0.15) is 5.75 Å². The van der Waals surface area contributed by atoms with Gasteiger partial charge in [-0.15, -0.1) is 11.3 Å². The number of rotatable bonds is 6. The zero-order valence-electron chi connectivity index (χ0n) is 11.1. The predicted octanol–water partition coefficient (Wildman–Crippen LogP) is 2.32. The van der Waals surface area contributed by atoms with E-state index >= 15 is 0 Å². The van der Waals surface area contributed by atoms with Crippen LogP contribution in [0, 0.1) is 15.2 Å². The highest BCUT2D eigenvalue weighted by Gasteiger charge is 2.06. The van der Waals surface area contributed by atoms with Crippen molar-refractivity contribution in [3.8, 4) is 5.75 Å². The van der Waals surface area contributed by atoms with Gasteiger partial charge >= 0.3 is 0 Å². The molecule has 0 unspecified atom stereocenters. The minimum Gasteiger partial charge on any atom is -0.484 e. The van der Waals surface area contributed by atoms with Gasteiger partial charge in [0, 0.05) is 12.1 Å². The highest BCUT2D eigenvalue weighted by atomic mass is 32.1. The van der Waals surface area contributed by atoms with Crippen molar-refractivity contribution in [1.82, 2.24) is 5.43 Å². The standard InChI is InChI=1S/C13H10FN3O4S/c14-12-6-5-11(22-12)7-15-16-13(18)8-21-10-3-1-9(2-4-10)17(19)20/h1-7H,8H2,(H,16,18). The Hall–Kier alpha value is -2.81. The van der Waals surface area contributed by atoms with E-state index < -0.39 is 10.8 Å². The number of non-ortho nitro benzene ring substituents is 1. The summed E-state index contributed by atoms with van der Waals surface area (Å²) in [5, 5.41) is 13.8. The minimum atomic E-state index is -0.529. The number of hydrogen-bond donors (Lipinski definition) is 1. The van der Waals surface area contributed by atoms with E-state index in [2.05, 4.69) is 10.5 Å². The molecule has 0 fully saturated rings. The molecule has 7 nitrogen and oxygen atoms in total. The monoisotopic (exact) mass is 323 g/mol. The molecule has 1 aromatic heterocycles. The van der Waals surface area contributed by atoms with E-state index in [9.17, 15) is 19.3 Å². The second kappa shape index (κ2) is 7.27. The van der Waals surface area contributed by atoms with Gasteiger partial charge in [0.15, 0.2) is 11.7 Å². The highest BCUT2D eigenvalue weighted by Crippen LogP contribution is 2.17. The summed E-state index contributed by atoms with van der Waals surface area (Å²) in [5.74, 6) is -0.184. The Bertz CT molecular complexity index is 700. The molecule has 0 radical (unpaired) electrons. The summed E-state index contributed by atoms with van der Waals surface area (Å²) in [5.41, 5.74) is 2.16. The molecule has 0 aliphatic carbocycles. The van der Waals surface area contributed by atoms with Crippen LogP contribution in [-0.4, -0.2) is 23.7 Å². The van der Waals surface area contributed by atoms with Crippen LogP contribution in [0.25, 0.3) is 0 Å². The molecule has 1 amide bonds. The molecular weight excluding hydrogens is 313 g/mol. The fourth-order valence-electron chi connectivity index (χ4n) is 1.41. The summed E-state index contributed by atoms with van der Waals surface area (Å²) >= 11 is 0.900. The lowest BCUT2D eigenvalue weighted by Crippen LogP contribution is -2.24. The normalized spacial score (nSPS) is 10.6. The molecule has 0 bridgehead atoms. The number of nitro groups is 1. The molecule has 1 aromatic carbocycles. The second-order valence-corrected chi connectivity index (χ2v) is 5.04. The Morgan fingerprint density at radius 2 is 2.09 bits per heavy atom. The number of carbonyl (C=O) groups is 1. The van der Waals surface area contributed by atoms with E-state index in [1.807, 2.05) is 0 Å². The number of benzene rings is 1. The van der Waals surface area contributed by atoms with E-state index in [4.69, 9.17) is 4.74 Å². The van der Waals surface area contributed by atoms with Gasteiger partial charge in [0.05, 0.1) is 16.0 Å². The summed E-state index contributed by atoms with van der Waals surface area (Å²) in [4.78, 5) is 22.0. The van der Waals surface area contributed by atoms with E-state index in [0.717, 1.165) is 11.3 Å². The van der Waals surface area contributed by atoms with Crippen molar-refractivity contribution in [2.24, 2.45) is 5.10 Å². The number of amides is 1. The van der Waals surface area contributed by atoms with Crippen molar-refractivity contribution in [2.75, 3.05) is 6.61 Å². The van der Waals surface area contributed by atoms with E-state index in [1.54, 1.807) is 0 Å². The number of nitrogens with zero attached hydrogens (tertiary/aromatic N) is 2. The molecule has 0 aliphatic rings. The molecule has 1 heterocycles. The summed E-state index contributed by atoms with van der Waals surface area (Å²) in [6.45, 7) is -0.298. The maximum Gasteiger partial charge on any atom is 0.277 e. The van der Waals surface area contributed by atoms with Crippen LogP contribution in [0.4, 0.5) is 10.1 Å². The van der Waals surface area contributed by atoms with E-state index in [1.165, 1.54) is 42.6 Å². The van der Waals surface area contributed by atoms with Crippen molar-refractivity contribution < 1.29 is 18.8 Å². The number of nitrogens with one attached hydrogen (secondary N) is 1. The Kier molecular flexibility index (Phi) is 5.15. The van der Waals surface area contributed by atoms with Gasteiger partial charge in [0.2, 0.25) is 0 Å². The van der Waals surface area contributed by atoms with Crippen molar-refractivity contribution >= 4 is 29.1 Å². The molecule has 0 saturated heterocycles. The predicted molar refractivity (Wildman–Crippen MR) is 78.6 cm³/mol. The summed E-state index contributed by atoms with van der Waals surface area (Å²) in [6.07, 6.45) is 1.32. The first-order chi connectivity index (χ1) is 10.5. The van der Waals surface area contributed by atoms with E-state index in [0.29, 0.717) is 10.6 Å². The van der Waals surface area contributed by atoms with Gasteiger partial charge in [-0.05, 0) is 24.3 Å². The Morgan fingerprint density at radius 3 is 2.68 bits per heavy atom. The number of hydrazone groups is 1. The van der Waals surface area contributed by atoms with Gasteiger partial charge in [-0.2, -0.15) is 9.49 Å². The van der Waals surface area contributed by atoms with Crippen LogP contribution in [-0.2, 0) is 4.79 Å². The molecule has 0 atom stereocenters. The van der Waals surface area contributed by atoms with Crippen molar-refractivity contribution in [2.45, 2.75) is 0 Å².